The Kier molecular flexibility index (Phi) is 4.49. The predicted octanol–water partition coefficient (Wildman–Crippen LogP) is 2.08. The highest BCUT2D eigenvalue weighted by Crippen LogP contribution is 2.13. The maximum absolute atomic E-state index is 12.9. The Bertz CT molecular complexity index is 304. The fourth-order valence-electron chi connectivity index (χ4n) is 1.38. The van der Waals surface area contributed by atoms with E-state index >= 15 is 0 Å². The molecule has 0 aliphatic heterocycles. The van der Waals surface area contributed by atoms with E-state index < -0.39 is 5.95 Å². The first-order valence-corrected chi connectivity index (χ1v) is 5.03. The maximum Gasteiger partial charge on any atom is 0.214 e. The summed E-state index contributed by atoms with van der Waals surface area (Å²) < 4.78 is 18.0. The molecule has 0 radical (unpaired) electrons. The van der Waals surface area contributed by atoms with Crippen molar-refractivity contribution in [2.24, 2.45) is 0 Å². The van der Waals surface area contributed by atoms with E-state index in [1.54, 1.807) is 19.2 Å². The summed E-state index contributed by atoms with van der Waals surface area (Å²) in [6, 6.07) is 5.09. The second-order valence-electron chi connectivity index (χ2n) is 3.60. The van der Waals surface area contributed by atoms with Crippen LogP contribution in [0.2, 0.25) is 0 Å². The third-order valence-corrected chi connectivity index (χ3v) is 2.15. The molecule has 0 fully saturated rings. The van der Waals surface area contributed by atoms with Gasteiger partial charge in [-0.25, -0.2) is 4.98 Å². The number of hydrogen-bond acceptors (Lipinski definition) is 3. The summed E-state index contributed by atoms with van der Waals surface area (Å²) in [4.78, 5) is 5.86. The molecule has 0 spiro atoms. The summed E-state index contributed by atoms with van der Waals surface area (Å²) in [7, 11) is 1.65. The average molecular weight is 212 g/mol. The Labute approximate surface area is 89.9 Å². The molecule has 0 N–H and O–H groups in total. The van der Waals surface area contributed by atoms with Crippen molar-refractivity contribution in [2.45, 2.75) is 19.9 Å². The van der Waals surface area contributed by atoms with Crippen LogP contribution in [-0.2, 0) is 4.74 Å². The van der Waals surface area contributed by atoms with Crippen molar-refractivity contribution in [2.75, 3.05) is 25.2 Å². The van der Waals surface area contributed by atoms with Crippen LogP contribution in [0.5, 0.6) is 0 Å². The Morgan fingerprint density at radius 1 is 1.47 bits per heavy atom. The molecule has 0 aliphatic rings. The Morgan fingerprint density at radius 2 is 2.20 bits per heavy atom. The standard InChI is InChI=1S/C11H17FN2O/c1-9(2)14(7-8-15-3)11-6-4-5-10(12)13-11/h4-6,9H,7-8H2,1-3H3. The minimum absolute atomic E-state index is 0.273. The van der Waals surface area contributed by atoms with E-state index in [0.717, 1.165) is 0 Å². The van der Waals surface area contributed by atoms with E-state index in [0.29, 0.717) is 19.0 Å². The normalized spacial score (nSPS) is 10.7. The Hall–Kier alpha value is -1.16. The molecule has 1 aromatic heterocycles. The molecule has 0 aromatic carbocycles. The highest BCUT2D eigenvalue weighted by molar-refractivity contribution is 5.38. The molecule has 1 rings (SSSR count). The SMILES string of the molecule is COCCN(c1cccc(F)n1)C(C)C. The summed E-state index contributed by atoms with van der Waals surface area (Å²) in [5, 5.41) is 0. The summed E-state index contributed by atoms with van der Waals surface area (Å²) in [6.07, 6.45) is 0. The van der Waals surface area contributed by atoms with E-state index in [9.17, 15) is 4.39 Å². The van der Waals surface area contributed by atoms with Gasteiger partial charge in [-0.15, -0.1) is 0 Å². The monoisotopic (exact) mass is 212 g/mol. The minimum Gasteiger partial charge on any atom is -0.383 e. The summed E-state index contributed by atoms with van der Waals surface area (Å²) in [6.45, 7) is 5.41. The molecular weight excluding hydrogens is 195 g/mol. The van der Waals surface area contributed by atoms with Gasteiger partial charge in [0.05, 0.1) is 6.61 Å². The molecule has 0 saturated heterocycles. The lowest BCUT2D eigenvalue weighted by Gasteiger charge is -2.27. The van der Waals surface area contributed by atoms with Gasteiger partial charge in [0.25, 0.3) is 0 Å². The van der Waals surface area contributed by atoms with E-state index in [1.807, 2.05) is 18.7 Å². The highest BCUT2D eigenvalue weighted by Gasteiger charge is 2.11. The number of halogens is 1. The third kappa shape index (κ3) is 3.47. The number of methoxy groups -OCH3 is 1. The topological polar surface area (TPSA) is 25.4 Å². The minimum atomic E-state index is -0.449. The molecule has 1 aromatic rings. The molecule has 4 heteroatoms. The van der Waals surface area contributed by atoms with Crippen molar-refractivity contribution in [1.29, 1.82) is 0 Å². The van der Waals surface area contributed by atoms with Crippen molar-refractivity contribution in [3.8, 4) is 0 Å². The van der Waals surface area contributed by atoms with Crippen LogP contribution in [0.4, 0.5) is 10.2 Å². The van der Waals surface area contributed by atoms with Gasteiger partial charge in [0.1, 0.15) is 5.82 Å². The molecule has 0 amide bonds. The first-order chi connectivity index (χ1) is 7.15. The first kappa shape index (κ1) is 11.9. The molecule has 15 heavy (non-hydrogen) atoms. The largest absolute Gasteiger partial charge is 0.383 e. The second-order valence-corrected chi connectivity index (χ2v) is 3.60. The van der Waals surface area contributed by atoms with Crippen molar-refractivity contribution in [1.82, 2.24) is 4.98 Å². The van der Waals surface area contributed by atoms with Crippen LogP contribution in [-0.4, -0.2) is 31.3 Å². The summed E-state index contributed by atoms with van der Waals surface area (Å²) in [5.74, 6) is 0.206. The quantitative estimate of drug-likeness (QED) is 0.699. The van der Waals surface area contributed by atoms with Crippen LogP contribution >= 0.6 is 0 Å². The lowest BCUT2D eigenvalue weighted by atomic mass is 10.3. The molecule has 1 heterocycles. The number of rotatable bonds is 5. The zero-order valence-electron chi connectivity index (χ0n) is 9.40. The number of hydrogen-bond donors (Lipinski definition) is 0. The number of anilines is 1. The lowest BCUT2D eigenvalue weighted by molar-refractivity contribution is 0.203. The van der Waals surface area contributed by atoms with Crippen molar-refractivity contribution in [3.05, 3.63) is 24.1 Å². The third-order valence-electron chi connectivity index (χ3n) is 2.15. The van der Waals surface area contributed by atoms with Crippen LogP contribution < -0.4 is 4.90 Å². The predicted molar refractivity (Wildman–Crippen MR) is 58.6 cm³/mol. The molecule has 0 saturated carbocycles. The van der Waals surface area contributed by atoms with Gasteiger partial charge in [-0.05, 0) is 26.0 Å². The van der Waals surface area contributed by atoms with Gasteiger partial charge in [-0.1, -0.05) is 6.07 Å². The highest BCUT2D eigenvalue weighted by atomic mass is 19.1. The Balaban J connectivity index is 2.79. The number of aromatic nitrogens is 1. The van der Waals surface area contributed by atoms with Crippen molar-refractivity contribution >= 4 is 5.82 Å². The van der Waals surface area contributed by atoms with E-state index in [4.69, 9.17) is 4.74 Å². The zero-order valence-corrected chi connectivity index (χ0v) is 9.40. The van der Waals surface area contributed by atoms with Crippen LogP contribution in [0.3, 0.4) is 0 Å². The fourth-order valence-corrected chi connectivity index (χ4v) is 1.38. The van der Waals surface area contributed by atoms with Gasteiger partial charge < -0.3 is 9.64 Å². The van der Waals surface area contributed by atoms with Gasteiger partial charge in [-0.3, -0.25) is 0 Å². The average Bonchev–Trinajstić information content (AvgIpc) is 2.18. The molecule has 0 unspecified atom stereocenters. The lowest BCUT2D eigenvalue weighted by Crippen LogP contribution is -2.34. The molecule has 3 nitrogen and oxygen atoms in total. The molecule has 84 valence electrons. The van der Waals surface area contributed by atoms with Crippen LogP contribution in [0.15, 0.2) is 18.2 Å². The van der Waals surface area contributed by atoms with Gasteiger partial charge in [0.15, 0.2) is 0 Å². The maximum atomic E-state index is 12.9. The second kappa shape index (κ2) is 5.66. The van der Waals surface area contributed by atoms with Gasteiger partial charge >= 0.3 is 0 Å². The van der Waals surface area contributed by atoms with Crippen LogP contribution in [0, 0.1) is 5.95 Å². The fraction of sp³-hybridized carbons (Fsp3) is 0.545. The van der Waals surface area contributed by atoms with Gasteiger partial charge in [0, 0.05) is 19.7 Å². The first-order valence-electron chi connectivity index (χ1n) is 5.03. The van der Waals surface area contributed by atoms with Gasteiger partial charge in [0.2, 0.25) is 5.95 Å². The van der Waals surface area contributed by atoms with E-state index in [1.165, 1.54) is 6.07 Å². The number of nitrogens with zero attached hydrogens (tertiary/aromatic N) is 2. The molecule has 0 atom stereocenters. The van der Waals surface area contributed by atoms with Crippen molar-refractivity contribution < 1.29 is 9.13 Å². The van der Waals surface area contributed by atoms with Crippen LogP contribution in [0.25, 0.3) is 0 Å². The molecular formula is C11H17FN2O. The smallest absolute Gasteiger partial charge is 0.214 e. The number of ether oxygens (including phenoxy) is 1. The van der Waals surface area contributed by atoms with Crippen molar-refractivity contribution in [3.63, 3.8) is 0 Å². The summed E-state index contributed by atoms with van der Waals surface area (Å²) in [5.41, 5.74) is 0. The van der Waals surface area contributed by atoms with E-state index in [-0.39, 0.29) is 6.04 Å². The number of pyridine rings is 1. The summed E-state index contributed by atoms with van der Waals surface area (Å²) >= 11 is 0. The van der Waals surface area contributed by atoms with Crippen LogP contribution in [0.1, 0.15) is 13.8 Å². The molecule has 0 bridgehead atoms. The van der Waals surface area contributed by atoms with E-state index in [2.05, 4.69) is 4.98 Å². The van der Waals surface area contributed by atoms with Gasteiger partial charge in [-0.2, -0.15) is 4.39 Å². The molecule has 0 aliphatic carbocycles. The zero-order chi connectivity index (χ0) is 11.3. The Morgan fingerprint density at radius 3 is 2.73 bits per heavy atom.